The number of rotatable bonds is 9. The SMILES string of the molecule is CCSCCCC(Cc1ccc(OC)cc1)C(=O)O. The molecule has 0 aliphatic rings. The molecule has 0 saturated carbocycles. The first-order valence-corrected chi connectivity index (χ1v) is 7.76. The number of thioether (sulfide) groups is 1. The molecule has 1 aromatic rings. The zero-order chi connectivity index (χ0) is 14.1. The summed E-state index contributed by atoms with van der Waals surface area (Å²) in [4.78, 5) is 11.3. The molecule has 0 aliphatic heterocycles. The third-order valence-electron chi connectivity index (χ3n) is 3.04. The van der Waals surface area contributed by atoms with E-state index in [0.717, 1.165) is 35.7 Å². The lowest BCUT2D eigenvalue weighted by atomic mass is 9.95. The number of hydrogen-bond acceptors (Lipinski definition) is 3. The van der Waals surface area contributed by atoms with Gasteiger partial charge >= 0.3 is 5.97 Å². The summed E-state index contributed by atoms with van der Waals surface area (Å²) in [7, 11) is 1.63. The second-order valence-corrected chi connectivity index (χ2v) is 5.82. The first-order chi connectivity index (χ1) is 9.17. The quantitative estimate of drug-likeness (QED) is 0.704. The van der Waals surface area contributed by atoms with Gasteiger partial charge in [0.25, 0.3) is 0 Å². The van der Waals surface area contributed by atoms with E-state index >= 15 is 0 Å². The van der Waals surface area contributed by atoms with E-state index in [-0.39, 0.29) is 5.92 Å². The van der Waals surface area contributed by atoms with Crippen molar-refractivity contribution in [2.24, 2.45) is 5.92 Å². The molecule has 3 nitrogen and oxygen atoms in total. The molecule has 1 N–H and O–H groups in total. The first-order valence-electron chi connectivity index (χ1n) is 6.60. The van der Waals surface area contributed by atoms with Gasteiger partial charge in [-0.15, -0.1) is 0 Å². The van der Waals surface area contributed by atoms with Crippen molar-refractivity contribution in [2.75, 3.05) is 18.6 Å². The maximum absolute atomic E-state index is 11.3. The van der Waals surface area contributed by atoms with Crippen LogP contribution in [0.5, 0.6) is 5.75 Å². The molecule has 0 bridgehead atoms. The van der Waals surface area contributed by atoms with Gasteiger partial charge in [-0.3, -0.25) is 4.79 Å². The van der Waals surface area contributed by atoms with Crippen LogP contribution in [0.2, 0.25) is 0 Å². The number of carboxylic acids is 1. The maximum Gasteiger partial charge on any atom is 0.306 e. The third kappa shape index (κ3) is 6.01. The van der Waals surface area contributed by atoms with Gasteiger partial charge in [-0.25, -0.2) is 0 Å². The molecule has 106 valence electrons. The lowest BCUT2D eigenvalue weighted by Gasteiger charge is -2.12. The summed E-state index contributed by atoms with van der Waals surface area (Å²) in [6, 6.07) is 7.63. The second-order valence-electron chi connectivity index (χ2n) is 4.43. The molecule has 0 saturated heterocycles. The fourth-order valence-corrected chi connectivity index (χ4v) is 2.59. The van der Waals surface area contributed by atoms with Crippen LogP contribution in [-0.2, 0) is 11.2 Å². The normalized spacial score (nSPS) is 12.1. The highest BCUT2D eigenvalue weighted by atomic mass is 32.2. The Bertz CT molecular complexity index is 375. The summed E-state index contributed by atoms with van der Waals surface area (Å²) >= 11 is 1.86. The molecule has 0 amide bonds. The molecule has 0 aromatic heterocycles. The molecule has 0 fully saturated rings. The Morgan fingerprint density at radius 2 is 2.05 bits per heavy atom. The molecule has 0 heterocycles. The fourth-order valence-electron chi connectivity index (χ4n) is 1.94. The number of carbonyl (C=O) groups is 1. The Balaban J connectivity index is 2.49. The minimum atomic E-state index is -0.697. The van der Waals surface area contributed by atoms with Crippen molar-refractivity contribution in [1.82, 2.24) is 0 Å². The molecule has 1 unspecified atom stereocenters. The molecule has 0 spiro atoms. The minimum absolute atomic E-state index is 0.286. The molecular weight excluding hydrogens is 260 g/mol. The molecule has 1 rings (SSSR count). The van der Waals surface area contributed by atoms with E-state index < -0.39 is 5.97 Å². The summed E-state index contributed by atoms with van der Waals surface area (Å²) in [6.45, 7) is 2.12. The van der Waals surface area contributed by atoms with E-state index in [0.29, 0.717) is 6.42 Å². The largest absolute Gasteiger partial charge is 0.497 e. The minimum Gasteiger partial charge on any atom is -0.497 e. The van der Waals surface area contributed by atoms with Crippen molar-refractivity contribution in [3.8, 4) is 5.75 Å². The Labute approximate surface area is 119 Å². The van der Waals surface area contributed by atoms with Crippen LogP contribution in [0.15, 0.2) is 24.3 Å². The monoisotopic (exact) mass is 282 g/mol. The number of methoxy groups -OCH3 is 1. The van der Waals surface area contributed by atoms with Gasteiger partial charge in [0.2, 0.25) is 0 Å². The zero-order valence-electron chi connectivity index (χ0n) is 11.6. The molecule has 1 aromatic carbocycles. The lowest BCUT2D eigenvalue weighted by Crippen LogP contribution is -2.16. The van der Waals surface area contributed by atoms with Crippen molar-refractivity contribution < 1.29 is 14.6 Å². The van der Waals surface area contributed by atoms with Gasteiger partial charge in [-0.05, 0) is 48.5 Å². The molecule has 1 atom stereocenters. The highest BCUT2D eigenvalue weighted by Crippen LogP contribution is 2.19. The van der Waals surface area contributed by atoms with Gasteiger partial charge < -0.3 is 9.84 Å². The standard InChI is InChI=1S/C15H22O3S/c1-3-19-10-4-5-13(15(16)17)11-12-6-8-14(18-2)9-7-12/h6-9,13H,3-5,10-11H2,1-2H3,(H,16,17). The summed E-state index contributed by atoms with van der Waals surface area (Å²) in [5.41, 5.74) is 1.05. The van der Waals surface area contributed by atoms with E-state index in [1.165, 1.54) is 0 Å². The number of ether oxygens (including phenoxy) is 1. The van der Waals surface area contributed by atoms with Crippen molar-refractivity contribution in [1.29, 1.82) is 0 Å². The summed E-state index contributed by atoms with van der Waals surface area (Å²) in [6.07, 6.45) is 2.30. The van der Waals surface area contributed by atoms with Crippen molar-refractivity contribution in [2.45, 2.75) is 26.2 Å². The van der Waals surface area contributed by atoms with Crippen molar-refractivity contribution in [3.05, 3.63) is 29.8 Å². The molecule has 0 aliphatic carbocycles. The average Bonchev–Trinajstić information content (AvgIpc) is 2.42. The van der Waals surface area contributed by atoms with Crippen LogP contribution < -0.4 is 4.74 Å². The van der Waals surface area contributed by atoms with Gasteiger partial charge in [-0.2, -0.15) is 11.8 Å². The number of benzene rings is 1. The topological polar surface area (TPSA) is 46.5 Å². The van der Waals surface area contributed by atoms with Crippen LogP contribution in [0.3, 0.4) is 0 Å². The maximum atomic E-state index is 11.3. The molecule has 19 heavy (non-hydrogen) atoms. The highest BCUT2D eigenvalue weighted by molar-refractivity contribution is 7.99. The Kier molecular flexibility index (Phi) is 7.41. The number of aliphatic carboxylic acids is 1. The van der Waals surface area contributed by atoms with Crippen molar-refractivity contribution in [3.63, 3.8) is 0 Å². The van der Waals surface area contributed by atoms with Gasteiger partial charge in [0, 0.05) is 0 Å². The van der Waals surface area contributed by atoms with Crippen LogP contribution >= 0.6 is 11.8 Å². The molecule has 0 radical (unpaired) electrons. The smallest absolute Gasteiger partial charge is 0.306 e. The van der Waals surface area contributed by atoms with Gasteiger partial charge in [-0.1, -0.05) is 19.1 Å². The Morgan fingerprint density at radius 3 is 2.58 bits per heavy atom. The van der Waals surface area contributed by atoms with Crippen LogP contribution in [0.25, 0.3) is 0 Å². The third-order valence-corrected chi connectivity index (χ3v) is 4.02. The van der Waals surface area contributed by atoms with Crippen LogP contribution in [0.4, 0.5) is 0 Å². The zero-order valence-corrected chi connectivity index (χ0v) is 12.4. The number of hydrogen-bond donors (Lipinski definition) is 1. The van der Waals surface area contributed by atoms with E-state index in [1.807, 2.05) is 36.0 Å². The van der Waals surface area contributed by atoms with E-state index in [4.69, 9.17) is 4.74 Å². The fraction of sp³-hybridized carbons (Fsp3) is 0.533. The van der Waals surface area contributed by atoms with Gasteiger partial charge in [0.15, 0.2) is 0 Å². The molecular formula is C15H22O3S. The predicted molar refractivity (Wildman–Crippen MR) is 80.1 cm³/mol. The Morgan fingerprint density at radius 1 is 1.37 bits per heavy atom. The second kappa shape index (κ2) is 8.86. The lowest BCUT2D eigenvalue weighted by molar-refractivity contribution is -0.141. The van der Waals surface area contributed by atoms with Crippen LogP contribution in [0.1, 0.15) is 25.3 Å². The average molecular weight is 282 g/mol. The summed E-state index contributed by atoms with van der Waals surface area (Å²) in [5, 5.41) is 9.26. The van der Waals surface area contributed by atoms with E-state index in [1.54, 1.807) is 7.11 Å². The van der Waals surface area contributed by atoms with Gasteiger partial charge in [0.05, 0.1) is 13.0 Å². The van der Waals surface area contributed by atoms with Gasteiger partial charge in [0.1, 0.15) is 5.75 Å². The number of carboxylic acid groups (broad SMARTS) is 1. The molecule has 4 heteroatoms. The predicted octanol–water partition coefficient (Wildman–Crippen LogP) is 3.47. The highest BCUT2D eigenvalue weighted by Gasteiger charge is 2.17. The Hall–Kier alpha value is -1.16. The summed E-state index contributed by atoms with van der Waals surface area (Å²) < 4.78 is 5.09. The van der Waals surface area contributed by atoms with Crippen LogP contribution in [0, 0.1) is 5.92 Å². The first kappa shape index (κ1) is 15.9. The summed E-state index contributed by atoms with van der Waals surface area (Å²) in [5.74, 6) is 1.96. The van der Waals surface area contributed by atoms with E-state index in [9.17, 15) is 9.90 Å². The van der Waals surface area contributed by atoms with E-state index in [2.05, 4.69) is 6.92 Å². The van der Waals surface area contributed by atoms with Crippen molar-refractivity contribution >= 4 is 17.7 Å². The van der Waals surface area contributed by atoms with Crippen LogP contribution in [-0.4, -0.2) is 29.7 Å².